The number of hydrogen-bond acceptors (Lipinski definition) is 7. The number of rotatable bonds is 7. The molecule has 3 heterocycles. The summed E-state index contributed by atoms with van der Waals surface area (Å²) in [7, 11) is 0. The molecule has 7 rings (SSSR count). The smallest absolute Gasteiger partial charge is 0.335 e. The molecule has 0 spiro atoms. The Labute approximate surface area is 237 Å². The number of carbonyl (C=O) groups is 1. The van der Waals surface area contributed by atoms with Crippen LogP contribution < -0.4 is 4.90 Å². The highest BCUT2D eigenvalue weighted by Gasteiger charge is 2.43. The van der Waals surface area contributed by atoms with Crippen LogP contribution in [0.4, 0.5) is 9.52 Å². The molecule has 2 saturated carbocycles. The summed E-state index contributed by atoms with van der Waals surface area (Å²) in [5, 5.41) is 15.4. The summed E-state index contributed by atoms with van der Waals surface area (Å²) in [5.74, 6) is 0.392. The highest BCUT2D eigenvalue weighted by Crippen LogP contribution is 2.47. The minimum absolute atomic E-state index is 0.0638. The van der Waals surface area contributed by atoms with Crippen LogP contribution in [0.3, 0.4) is 0 Å². The maximum atomic E-state index is 14.5. The number of aromatic carboxylic acids is 1. The Kier molecular flexibility index (Phi) is 6.30. The first-order valence-electron chi connectivity index (χ1n) is 13.0. The summed E-state index contributed by atoms with van der Waals surface area (Å²) in [6.07, 6.45) is 4.12. The Morgan fingerprint density at radius 2 is 1.90 bits per heavy atom. The lowest BCUT2D eigenvalue weighted by molar-refractivity contribution is 0.0403. The number of hydrogen-bond donors (Lipinski definition) is 1. The first-order valence-corrected chi connectivity index (χ1v) is 14.6. The molecule has 11 heteroatoms. The highest BCUT2D eigenvalue weighted by molar-refractivity contribution is 7.22. The Morgan fingerprint density at radius 3 is 2.56 bits per heavy atom. The normalized spacial score (nSPS) is 22.6. The molecular weight excluding hydrogens is 564 g/mol. The Morgan fingerprint density at radius 1 is 1.18 bits per heavy atom. The second kappa shape index (κ2) is 9.73. The van der Waals surface area contributed by atoms with Crippen LogP contribution in [0.25, 0.3) is 21.5 Å². The fraction of sp³-hybridized carbons (Fsp3) is 0.393. The fourth-order valence-corrected chi connectivity index (χ4v) is 7.64. The zero-order chi connectivity index (χ0) is 26.8. The average Bonchev–Trinajstić information content (AvgIpc) is 3.20. The van der Waals surface area contributed by atoms with Crippen LogP contribution in [0.15, 0.2) is 34.9 Å². The molecule has 1 saturated heterocycles. The van der Waals surface area contributed by atoms with E-state index in [0.29, 0.717) is 50.4 Å². The number of anilines is 1. The largest absolute Gasteiger partial charge is 0.478 e. The monoisotopic (exact) mass is 587 g/mol. The molecule has 3 aliphatic rings. The molecule has 2 unspecified atom stereocenters. The molecule has 39 heavy (non-hydrogen) atoms. The Balaban J connectivity index is 1.04. The summed E-state index contributed by atoms with van der Waals surface area (Å²) >= 11 is 14.3. The van der Waals surface area contributed by atoms with Crippen molar-refractivity contribution in [3.8, 4) is 11.3 Å². The Bertz CT molecular complexity index is 1570. The zero-order valence-electron chi connectivity index (χ0n) is 20.7. The number of benzene rings is 2. The minimum atomic E-state index is -1.15. The van der Waals surface area contributed by atoms with Gasteiger partial charge in [0.2, 0.25) is 0 Å². The van der Waals surface area contributed by atoms with Gasteiger partial charge >= 0.3 is 5.97 Å². The van der Waals surface area contributed by atoms with Crippen LogP contribution in [0.2, 0.25) is 10.0 Å². The molecule has 2 aromatic heterocycles. The molecule has 2 aliphatic carbocycles. The summed E-state index contributed by atoms with van der Waals surface area (Å²) in [5.41, 5.74) is 2.44. The SMILES string of the molecule is O=C(O)c1cc(F)c2nc(N3CC4CC(OCc5c(-c6c(Cl)cccc6Cl)noc5C5CC5)C[C@H]4C3)sc2c1. The first kappa shape index (κ1) is 25.3. The van der Waals surface area contributed by atoms with Crippen molar-refractivity contribution >= 4 is 55.9 Å². The second-order valence-corrected chi connectivity index (χ2v) is 12.5. The number of halogens is 3. The molecule has 4 aromatic rings. The number of carboxylic acids is 1. The van der Waals surface area contributed by atoms with E-state index >= 15 is 0 Å². The molecule has 1 N–H and O–H groups in total. The van der Waals surface area contributed by atoms with Crippen molar-refractivity contribution < 1.29 is 23.6 Å². The maximum Gasteiger partial charge on any atom is 0.335 e. The van der Waals surface area contributed by atoms with Gasteiger partial charge in [0.15, 0.2) is 10.9 Å². The molecular formula is C28H24Cl2FN3O4S. The number of ether oxygens (including phenoxy) is 1. The zero-order valence-corrected chi connectivity index (χ0v) is 23.0. The lowest BCUT2D eigenvalue weighted by atomic mass is 10.0. The van der Waals surface area contributed by atoms with Crippen molar-refractivity contribution in [3.05, 3.63) is 63.1 Å². The van der Waals surface area contributed by atoms with Gasteiger partial charge in [-0.1, -0.05) is 45.8 Å². The van der Waals surface area contributed by atoms with Crippen molar-refractivity contribution in [2.75, 3.05) is 18.0 Å². The third kappa shape index (κ3) is 4.59. The van der Waals surface area contributed by atoms with Crippen LogP contribution in [-0.4, -0.2) is 40.4 Å². The quantitative estimate of drug-likeness (QED) is 0.241. The highest BCUT2D eigenvalue weighted by atomic mass is 35.5. The van der Waals surface area contributed by atoms with E-state index in [4.69, 9.17) is 32.5 Å². The van der Waals surface area contributed by atoms with Crippen LogP contribution in [-0.2, 0) is 11.3 Å². The molecule has 7 nitrogen and oxygen atoms in total. The van der Waals surface area contributed by atoms with Crippen LogP contribution in [0.5, 0.6) is 0 Å². The summed E-state index contributed by atoms with van der Waals surface area (Å²) in [4.78, 5) is 18.0. The second-order valence-electron chi connectivity index (χ2n) is 10.7. The van der Waals surface area contributed by atoms with Gasteiger partial charge in [0, 0.05) is 30.1 Å². The summed E-state index contributed by atoms with van der Waals surface area (Å²) in [6, 6.07) is 7.93. The van der Waals surface area contributed by atoms with Crippen molar-refractivity contribution in [2.45, 2.75) is 44.3 Å². The van der Waals surface area contributed by atoms with Crippen LogP contribution in [0.1, 0.15) is 53.3 Å². The van der Waals surface area contributed by atoms with Crippen molar-refractivity contribution in [2.24, 2.45) is 11.8 Å². The molecule has 202 valence electrons. The van der Waals surface area contributed by atoms with Gasteiger partial charge in [0.1, 0.15) is 17.0 Å². The van der Waals surface area contributed by atoms with Crippen LogP contribution >= 0.6 is 34.5 Å². The van der Waals surface area contributed by atoms with Gasteiger partial charge in [-0.3, -0.25) is 0 Å². The van der Waals surface area contributed by atoms with E-state index in [2.05, 4.69) is 15.0 Å². The van der Waals surface area contributed by atoms with Gasteiger partial charge < -0.3 is 19.3 Å². The third-order valence-corrected chi connectivity index (χ3v) is 9.79. The molecule has 0 amide bonds. The molecule has 3 atom stereocenters. The van der Waals surface area contributed by atoms with Gasteiger partial charge in [0.05, 0.1) is 33.0 Å². The van der Waals surface area contributed by atoms with E-state index in [9.17, 15) is 14.3 Å². The average molecular weight is 588 g/mol. The number of fused-ring (bicyclic) bond motifs is 2. The van der Waals surface area contributed by atoms with E-state index in [1.807, 2.05) is 6.07 Å². The maximum absolute atomic E-state index is 14.5. The van der Waals surface area contributed by atoms with E-state index in [1.165, 1.54) is 17.4 Å². The van der Waals surface area contributed by atoms with Crippen LogP contribution in [0, 0.1) is 17.7 Å². The lowest BCUT2D eigenvalue weighted by Gasteiger charge is -2.19. The van der Waals surface area contributed by atoms with Crippen molar-refractivity contribution in [3.63, 3.8) is 0 Å². The summed E-state index contributed by atoms with van der Waals surface area (Å²) < 4.78 is 27.3. The van der Waals surface area contributed by atoms with Gasteiger partial charge in [-0.2, -0.15) is 0 Å². The van der Waals surface area contributed by atoms with Gasteiger partial charge in [0.25, 0.3) is 0 Å². The Hall–Kier alpha value is -2.72. The standard InChI is InChI=1S/C28H24Cl2FN3O4S/c29-19-2-1-3-20(30)23(19)24-18(26(38-33-24)13-4-5-13)12-37-17-6-15-10-34(11-16(15)7-17)28-32-25-21(31)8-14(27(35)36)9-22(25)39-28/h1-3,8-9,13,15-17H,4-7,10-12H2,(H,35,36)/t15-,16?,17?/m0/s1. The number of thiazole rings is 1. The van der Waals surface area contributed by atoms with Crippen molar-refractivity contribution in [1.82, 2.24) is 10.1 Å². The van der Waals surface area contributed by atoms with Gasteiger partial charge in [-0.25, -0.2) is 14.2 Å². The molecule has 0 bridgehead atoms. The van der Waals surface area contributed by atoms with Gasteiger partial charge in [-0.05, 0) is 61.8 Å². The minimum Gasteiger partial charge on any atom is -0.478 e. The molecule has 1 aliphatic heterocycles. The first-order chi connectivity index (χ1) is 18.9. The van der Waals surface area contributed by atoms with Gasteiger partial charge in [-0.15, -0.1) is 0 Å². The predicted octanol–water partition coefficient (Wildman–Crippen LogP) is 7.40. The molecule has 2 aromatic carbocycles. The van der Waals surface area contributed by atoms with E-state index in [0.717, 1.165) is 61.3 Å². The molecule has 3 fully saturated rings. The van der Waals surface area contributed by atoms with E-state index in [1.54, 1.807) is 12.1 Å². The number of carboxylic acid groups (broad SMARTS) is 1. The summed E-state index contributed by atoms with van der Waals surface area (Å²) in [6.45, 7) is 2.03. The number of aromatic nitrogens is 2. The van der Waals surface area contributed by atoms with E-state index < -0.39 is 11.8 Å². The fourth-order valence-electron chi connectivity index (χ4n) is 6.02. The molecule has 0 radical (unpaired) electrons. The van der Waals surface area contributed by atoms with Crippen molar-refractivity contribution in [1.29, 1.82) is 0 Å². The topological polar surface area (TPSA) is 88.7 Å². The van der Waals surface area contributed by atoms with E-state index in [-0.39, 0.29) is 17.2 Å². The predicted molar refractivity (Wildman–Crippen MR) is 147 cm³/mol. The number of nitrogens with zero attached hydrogens (tertiary/aromatic N) is 3. The lowest BCUT2D eigenvalue weighted by Crippen LogP contribution is -2.23. The third-order valence-electron chi connectivity index (χ3n) is 8.09.